The summed E-state index contributed by atoms with van der Waals surface area (Å²) in [5.41, 5.74) is 0.142. The van der Waals surface area contributed by atoms with Crippen LogP contribution in [0.4, 0.5) is 0 Å². The van der Waals surface area contributed by atoms with E-state index < -0.39 is 0 Å². The first-order valence-electron chi connectivity index (χ1n) is 5.44. The highest BCUT2D eigenvalue weighted by Crippen LogP contribution is 2.24. The van der Waals surface area contributed by atoms with Crippen molar-refractivity contribution in [2.75, 3.05) is 26.7 Å². The molecule has 0 amide bonds. The van der Waals surface area contributed by atoms with Gasteiger partial charge in [0.05, 0.1) is 12.5 Å². The van der Waals surface area contributed by atoms with E-state index in [2.05, 4.69) is 43.3 Å². The van der Waals surface area contributed by atoms with Crippen LogP contribution in [0.2, 0.25) is 0 Å². The second-order valence-electron chi connectivity index (χ2n) is 4.92. The van der Waals surface area contributed by atoms with Crippen LogP contribution in [0.5, 0.6) is 0 Å². The smallest absolute Gasteiger partial charge is 0.0638 e. The van der Waals surface area contributed by atoms with Gasteiger partial charge < -0.3 is 0 Å². The maximum absolute atomic E-state index is 8.81. The largest absolute Gasteiger partial charge is 0.296 e. The van der Waals surface area contributed by atoms with Crippen LogP contribution in [0.1, 0.15) is 20.3 Å². The van der Waals surface area contributed by atoms with Crippen molar-refractivity contribution >= 4 is 0 Å². The molecule has 15 heavy (non-hydrogen) atoms. The summed E-state index contributed by atoms with van der Waals surface area (Å²) < 4.78 is 0. The monoisotopic (exact) mass is 207 g/mol. The minimum Gasteiger partial charge on any atom is -0.296 e. The zero-order valence-corrected chi connectivity index (χ0v) is 10.0. The van der Waals surface area contributed by atoms with Crippen molar-refractivity contribution in [3.8, 4) is 6.07 Å². The Bertz CT molecular complexity index is 265. The zero-order valence-electron chi connectivity index (χ0n) is 10.0. The maximum atomic E-state index is 8.81. The zero-order chi connectivity index (χ0) is 11.5. The number of nitriles is 1. The van der Waals surface area contributed by atoms with Crippen LogP contribution >= 0.6 is 0 Å². The summed E-state index contributed by atoms with van der Waals surface area (Å²) in [6, 6.07) is 2.62. The van der Waals surface area contributed by atoms with E-state index >= 15 is 0 Å². The molecule has 1 unspecified atom stereocenters. The molecular formula is C12H21N3. The Hall–Kier alpha value is -0.850. The Morgan fingerprint density at radius 1 is 1.60 bits per heavy atom. The molecule has 0 N–H and O–H groups in total. The predicted molar refractivity (Wildman–Crippen MR) is 62.5 cm³/mol. The molecule has 1 aliphatic heterocycles. The minimum atomic E-state index is 0.142. The molecule has 0 bridgehead atoms. The van der Waals surface area contributed by atoms with Crippen molar-refractivity contribution in [2.24, 2.45) is 0 Å². The van der Waals surface area contributed by atoms with Gasteiger partial charge in [0, 0.05) is 31.2 Å². The van der Waals surface area contributed by atoms with E-state index in [-0.39, 0.29) is 5.54 Å². The van der Waals surface area contributed by atoms with Crippen molar-refractivity contribution in [2.45, 2.75) is 31.8 Å². The fraction of sp³-hybridized carbons (Fsp3) is 0.750. The second-order valence-corrected chi connectivity index (χ2v) is 4.92. The lowest BCUT2D eigenvalue weighted by molar-refractivity contribution is 0.000673. The number of hydrogen-bond donors (Lipinski definition) is 0. The van der Waals surface area contributed by atoms with Crippen LogP contribution in [0.15, 0.2) is 12.7 Å². The first-order valence-corrected chi connectivity index (χ1v) is 5.44. The summed E-state index contributed by atoms with van der Waals surface area (Å²) in [5, 5.41) is 8.81. The van der Waals surface area contributed by atoms with Crippen LogP contribution in [0.3, 0.4) is 0 Å². The van der Waals surface area contributed by atoms with E-state index in [1.54, 1.807) is 0 Å². The first kappa shape index (κ1) is 12.2. The van der Waals surface area contributed by atoms with Crippen LogP contribution in [-0.2, 0) is 0 Å². The molecule has 0 radical (unpaired) electrons. The molecular weight excluding hydrogens is 186 g/mol. The van der Waals surface area contributed by atoms with E-state index in [4.69, 9.17) is 5.26 Å². The number of piperazine rings is 1. The van der Waals surface area contributed by atoms with E-state index in [9.17, 15) is 0 Å². The fourth-order valence-corrected chi connectivity index (χ4v) is 2.27. The number of likely N-dealkylation sites (N-methyl/N-ethyl adjacent to an activating group) is 1. The average Bonchev–Trinajstić information content (AvgIpc) is 2.14. The summed E-state index contributed by atoms with van der Waals surface area (Å²) in [6.07, 6.45) is 2.54. The van der Waals surface area contributed by atoms with Gasteiger partial charge in [-0.2, -0.15) is 5.26 Å². The minimum absolute atomic E-state index is 0.142. The number of hydrogen-bond acceptors (Lipinski definition) is 3. The van der Waals surface area contributed by atoms with Gasteiger partial charge in [0.2, 0.25) is 0 Å². The third kappa shape index (κ3) is 2.80. The Balaban J connectivity index is 2.72. The molecule has 0 aromatic carbocycles. The van der Waals surface area contributed by atoms with Crippen molar-refractivity contribution in [1.29, 1.82) is 5.26 Å². The van der Waals surface area contributed by atoms with Crippen molar-refractivity contribution < 1.29 is 0 Å². The maximum Gasteiger partial charge on any atom is 0.0638 e. The second kappa shape index (κ2) is 4.78. The topological polar surface area (TPSA) is 30.3 Å². The predicted octanol–water partition coefficient (Wildman–Crippen LogP) is 1.48. The molecule has 1 rings (SSSR count). The third-order valence-corrected chi connectivity index (χ3v) is 3.30. The van der Waals surface area contributed by atoms with Crippen LogP contribution in [0.25, 0.3) is 0 Å². The lowest BCUT2D eigenvalue weighted by Crippen LogP contribution is -2.62. The molecule has 1 atom stereocenters. The lowest BCUT2D eigenvalue weighted by Gasteiger charge is -2.49. The highest BCUT2D eigenvalue weighted by molar-refractivity contribution is 4.98. The van der Waals surface area contributed by atoms with Crippen molar-refractivity contribution in [1.82, 2.24) is 9.80 Å². The van der Waals surface area contributed by atoms with Crippen molar-refractivity contribution in [3.05, 3.63) is 12.7 Å². The lowest BCUT2D eigenvalue weighted by atomic mass is 9.94. The SMILES string of the molecule is C=CCN1CC(CC#N)N(C)C(C)(C)C1. The molecule has 3 heteroatoms. The van der Waals surface area contributed by atoms with Gasteiger partial charge in [0.15, 0.2) is 0 Å². The third-order valence-electron chi connectivity index (χ3n) is 3.30. The van der Waals surface area contributed by atoms with E-state index in [1.165, 1.54) is 0 Å². The fourth-order valence-electron chi connectivity index (χ4n) is 2.27. The first-order chi connectivity index (χ1) is 7.01. The number of nitrogens with zero attached hydrogens (tertiary/aromatic N) is 3. The molecule has 0 aromatic rings. The summed E-state index contributed by atoms with van der Waals surface area (Å²) in [7, 11) is 2.12. The van der Waals surface area contributed by atoms with Crippen LogP contribution in [-0.4, -0.2) is 48.1 Å². The molecule has 84 valence electrons. The molecule has 0 aliphatic carbocycles. The average molecular weight is 207 g/mol. The summed E-state index contributed by atoms with van der Waals surface area (Å²) in [5.74, 6) is 0. The molecule has 0 aromatic heterocycles. The number of rotatable bonds is 3. The van der Waals surface area contributed by atoms with Gasteiger partial charge in [0.1, 0.15) is 0 Å². The molecule has 0 spiro atoms. The Morgan fingerprint density at radius 3 is 2.80 bits per heavy atom. The molecule has 1 aliphatic rings. The molecule has 1 fully saturated rings. The van der Waals surface area contributed by atoms with Crippen LogP contribution in [0, 0.1) is 11.3 Å². The van der Waals surface area contributed by atoms with E-state index in [1.807, 2.05) is 6.08 Å². The van der Waals surface area contributed by atoms with Crippen LogP contribution < -0.4 is 0 Å². The molecule has 3 nitrogen and oxygen atoms in total. The van der Waals surface area contributed by atoms with Gasteiger partial charge in [-0.05, 0) is 20.9 Å². The normalized spacial score (nSPS) is 27.2. The van der Waals surface area contributed by atoms with Gasteiger partial charge >= 0.3 is 0 Å². The Kier molecular flexibility index (Phi) is 3.90. The standard InChI is InChI=1S/C12H21N3/c1-5-8-15-9-11(6-7-13)14(4)12(2,3)10-15/h5,11H,1,6,8-10H2,2-4H3. The summed E-state index contributed by atoms with van der Waals surface area (Å²) in [4.78, 5) is 4.70. The molecule has 1 heterocycles. The van der Waals surface area contributed by atoms with Gasteiger partial charge in [-0.3, -0.25) is 9.80 Å². The molecule has 1 saturated heterocycles. The van der Waals surface area contributed by atoms with E-state index in [0.29, 0.717) is 12.5 Å². The van der Waals surface area contributed by atoms with E-state index in [0.717, 1.165) is 19.6 Å². The quantitative estimate of drug-likeness (QED) is 0.657. The summed E-state index contributed by atoms with van der Waals surface area (Å²) in [6.45, 7) is 11.2. The molecule has 0 saturated carbocycles. The van der Waals surface area contributed by atoms with Gasteiger partial charge in [-0.1, -0.05) is 6.08 Å². The van der Waals surface area contributed by atoms with Gasteiger partial charge in [-0.25, -0.2) is 0 Å². The Morgan fingerprint density at radius 2 is 2.27 bits per heavy atom. The van der Waals surface area contributed by atoms with Gasteiger partial charge in [-0.15, -0.1) is 6.58 Å². The highest BCUT2D eigenvalue weighted by Gasteiger charge is 2.36. The van der Waals surface area contributed by atoms with Crippen molar-refractivity contribution in [3.63, 3.8) is 0 Å². The Labute approximate surface area is 93.0 Å². The highest BCUT2D eigenvalue weighted by atomic mass is 15.3. The van der Waals surface area contributed by atoms with Gasteiger partial charge in [0.25, 0.3) is 0 Å². The summed E-state index contributed by atoms with van der Waals surface area (Å²) >= 11 is 0.